The number of aliphatic carboxylic acids is 1. The monoisotopic (exact) mass is 304 g/mol. The second kappa shape index (κ2) is 5.67. The molecule has 0 spiro atoms. The predicted octanol–water partition coefficient (Wildman–Crippen LogP) is 0.693. The van der Waals surface area contributed by atoms with Crippen molar-refractivity contribution in [3.63, 3.8) is 0 Å². The lowest BCUT2D eigenvalue weighted by atomic mass is 10.1. The van der Waals surface area contributed by atoms with Gasteiger partial charge in [0.1, 0.15) is 19.2 Å². The summed E-state index contributed by atoms with van der Waals surface area (Å²) in [7, 11) is 0. The van der Waals surface area contributed by atoms with Crippen molar-refractivity contribution in [3.8, 4) is 0 Å². The van der Waals surface area contributed by atoms with Gasteiger partial charge in [0.25, 0.3) is 0 Å². The number of rotatable bonds is 5. The normalized spacial score (nSPS) is 23.0. The largest absolute Gasteiger partial charge is 0.480 e. The third kappa shape index (κ3) is 2.61. The second-order valence-corrected chi connectivity index (χ2v) is 5.46. The number of hydrogen-bond acceptors (Lipinski definition) is 4. The van der Waals surface area contributed by atoms with Crippen molar-refractivity contribution in [3.05, 3.63) is 35.9 Å². The van der Waals surface area contributed by atoms with Gasteiger partial charge in [0.05, 0.1) is 6.04 Å². The molecule has 7 nitrogen and oxygen atoms in total. The molecule has 1 N–H and O–H groups in total. The van der Waals surface area contributed by atoms with Crippen molar-refractivity contribution in [2.24, 2.45) is 0 Å². The zero-order valence-corrected chi connectivity index (χ0v) is 11.8. The van der Waals surface area contributed by atoms with Crippen LogP contribution in [0.2, 0.25) is 0 Å². The van der Waals surface area contributed by atoms with E-state index in [0.29, 0.717) is 13.0 Å². The zero-order chi connectivity index (χ0) is 15.7. The number of carbonyl (C=O) groups excluding carboxylic acids is 2. The average molecular weight is 304 g/mol. The Kier molecular flexibility index (Phi) is 3.70. The van der Waals surface area contributed by atoms with Crippen molar-refractivity contribution < 1.29 is 24.2 Å². The van der Waals surface area contributed by atoms with Crippen LogP contribution in [0.4, 0.5) is 4.79 Å². The Bertz CT molecular complexity index is 603. The summed E-state index contributed by atoms with van der Waals surface area (Å²) in [6, 6.07) is 8.07. The van der Waals surface area contributed by atoms with E-state index in [-0.39, 0.29) is 19.2 Å². The van der Waals surface area contributed by atoms with Crippen LogP contribution < -0.4 is 0 Å². The van der Waals surface area contributed by atoms with Gasteiger partial charge in [-0.25, -0.2) is 9.59 Å². The van der Waals surface area contributed by atoms with Gasteiger partial charge < -0.3 is 19.6 Å². The summed E-state index contributed by atoms with van der Waals surface area (Å²) < 4.78 is 5.26. The number of hydrogen-bond donors (Lipinski definition) is 1. The van der Waals surface area contributed by atoms with Crippen LogP contribution in [0.5, 0.6) is 0 Å². The number of carbonyl (C=O) groups is 3. The molecule has 0 radical (unpaired) electrons. The Morgan fingerprint density at radius 3 is 2.64 bits per heavy atom. The summed E-state index contributed by atoms with van der Waals surface area (Å²) in [5.41, 5.74) is 0.882. The van der Waals surface area contributed by atoms with Crippen molar-refractivity contribution >= 4 is 18.0 Å². The van der Waals surface area contributed by atoms with Crippen molar-refractivity contribution in [1.82, 2.24) is 9.80 Å². The van der Waals surface area contributed by atoms with Crippen molar-refractivity contribution in [2.45, 2.75) is 25.1 Å². The maximum atomic E-state index is 12.1. The minimum Gasteiger partial charge on any atom is -0.480 e. The van der Waals surface area contributed by atoms with E-state index in [9.17, 15) is 14.4 Å². The fourth-order valence-electron chi connectivity index (χ4n) is 2.96. The molecule has 2 saturated heterocycles. The van der Waals surface area contributed by atoms with Crippen LogP contribution in [-0.2, 0) is 20.9 Å². The number of nitrogens with zero attached hydrogens (tertiary/aromatic N) is 2. The van der Waals surface area contributed by atoms with Crippen LogP contribution in [0.1, 0.15) is 12.0 Å². The molecule has 0 unspecified atom stereocenters. The molecule has 22 heavy (non-hydrogen) atoms. The van der Waals surface area contributed by atoms with Crippen LogP contribution in [0.25, 0.3) is 0 Å². The van der Waals surface area contributed by atoms with Crippen LogP contribution in [0, 0.1) is 0 Å². The third-order valence-electron chi connectivity index (χ3n) is 4.01. The number of fused-ring (bicyclic) bond motifs is 2. The molecular weight excluding hydrogens is 288 g/mol. The molecule has 1 aromatic rings. The van der Waals surface area contributed by atoms with Gasteiger partial charge in [0, 0.05) is 13.0 Å². The molecule has 0 aliphatic carbocycles. The average Bonchev–Trinajstić information content (AvgIpc) is 3.06. The van der Waals surface area contributed by atoms with E-state index >= 15 is 0 Å². The lowest BCUT2D eigenvalue weighted by Crippen LogP contribution is -2.50. The molecule has 116 valence electrons. The number of ether oxygens (including phenoxy) is 1. The summed E-state index contributed by atoms with van der Waals surface area (Å²) in [6.45, 7) is 0.227. The summed E-state index contributed by atoms with van der Waals surface area (Å²) in [4.78, 5) is 37.7. The summed E-state index contributed by atoms with van der Waals surface area (Å²) in [6.07, 6.45) is 0.423. The Morgan fingerprint density at radius 1 is 1.27 bits per heavy atom. The first-order valence-electron chi connectivity index (χ1n) is 7.06. The highest BCUT2D eigenvalue weighted by Crippen LogP contribution is 2.31. The molecule has 7 heteroatoms. The fraction of sp³-hybridized carbons (Fsp3) is 0.400. The smallest absolute Gasteiger partial charge is 0.329 e. The Labute approximate surface area is 127 Å². The molecule has 3 rings (SSSR count). The first-order chi connectivity index (χ1) is 10.6. The molecule has 0 aromatic heterocycles. The zero-order valence-electron chi connectivity index (χ0n) is 11.8. The highest BCUT2D eigenvalue weighted by atomic mass is 16.5. The maximum Gasteiger partial charge on any atom is 0.329 e. The lowest BCUT2D eigenvalue weighted by molar-refractivity contribution is -0.150. The third-order valence-corrected chi connectivity index (χ3v) is 4.01. The van der Waals surface area contributed by atoms with Crippen LogP contribution in [0.3, 0.4) is 0 Å². The van der Waals surface area contributed by atoms with Crippen molar-refractivity contribution in [1.29, 1.82) is 0 Å². The van der Waals surface area contributed by atoms with Gasteiger partial charge in [0.2, 0.25) is 0 Å². The number of carboxylic acid groups (broad SMARTS) is 1. The van der Waals surface area contributed by atoms with Crippen molar-refractivity contribution in [2.75, 3.05) is 13.1 Å². The topological polar surface area (TPSA) is 87.2 Å². The number of carboxylic acids is 1. The van der Waals surface area contributed by atoms with Gasteiger partial charge >= 0.3 is 18.0 Å². The quantitative estimate of drug-likeness (QED) is 0.809. The lowest BCUT2D eigenvalue weighted by Gasteiger charge is -2.30. The molecule has 2 aliphatic rings. The first-order valence-corrected chi connectivity index (χ1v) is 7.06. The van der Waals surface area contributed by atoms with E-state index in [1.165, 1.54) is 9.80 Å². The molecule has 2 heterocycles. The highest BCUT2D eigenvalue weighted by Gasteiger charge is 2.51. The molecule has 2 atom stereocenters. The first kappa shape index (κ1) is 14.4. The van der Waals surface area contributed by atoms with E-state index in [0.717, 1.165) is 5.56 Å². The molecule has 2 aliphatic heterocycles. The van der Waals surface area contributed by atoms with Gasteiger partial charge in [-0.15, -0.1) is 0 Å². The number of esters is 1. The molecule has 1 aromatic carbocycles. The van der Waals surface area contributed by atoms with E-state index in [4.69, 9.17) is 9.84 Å². The number of amides is 2. The van der Waals surface area contributed by atoms with Crippen LogP contribution in [-0.4, -0.2) is 58.0 Å². The van der Waals surface area contributed by atoms with Gasteiger partial charge in [-0.2, -0.15) is 0 Å². The number of urea groups is 1. The Hall–Kier alpha value is -2.57. The van der Waals surface area contributed by atoms with Gasteiger partial charge in [0.15, 0.2) is 0 Å². The number of benzene rings is 1. The SMILES string of the molecule is O=C(O)CN1C(=O)N2C[C@H]1C[C@@H]2C(=O)OCc1ccccc1. The molecule has 2 bridgehead atoms. The van der Waals surface area contributed by atoms with E-state index in [1.807, 2.05) is 30.3 Å². The molecule has 2 fully saturated rings. The summed E-state index contributed by atoms with van der Waals surface area (Å²) >= 11 is 0. The standard InChI is InChI=1S/C15H16N2O5/c18-13(19)8-16-11-6-12(17(7-11)15(16)21)14(20)22-9-10-4-2-1-3-5-10/h1-5,11-12H,6-9H2,(H,18,19)/t11-,12-/m1/s1. The van der Waals surface area contributed by atoms with E-state index in [1.54, 1.807) is 0 Å². The van der Waals surface area contributed by atoms with Gasteiger partial charge in [-0.05, 0) is 5.56 Å². The van der Waals surface area contributed by atoms with E-state index < -0.39 is 24.0 Å². The predicted molar refractivity (Wildman–Crippen MR) is 74.9 cm³/mol. The minimum atomic E-state index is -1.05. The van der Waals surface area contributed by atoms with Crippen LogP contribution in [0.15, 0.2) is 30.3 Å². The summed E-state index contributed by atoms with van der Waals surface area (Å²) in [5, 5.41) is 8.80. The Morgan fingerprint density at radius 2 is 2.00 bits per heavy atom. The van der Waals surface area contributed by atoms with Gasteiger partial charge in [-0.3, -0.25) is 4.79 Å². The summed E-state index contributed by atoms with van der Waals surface area (Å²) in [5.74, 6) is -1.49. The minimum absolute atomic E-state index is 0.168. The molecule has 0 saturated carbocycles. The maximum absolute atomic E-state index is 12.1. The second-order valence-electron chi connectivity index (χ2n) is 5.46. The van der Waals surface area contributed by atoms with E-state index in [2.05, 4.69) is 0 Å². The fourth-order valence-corrected chi connectivity index (χ4v) is 2.96. The van der Waals surface area contributed by atoms with Crippen LogP contribution >= 0.6 is 0 Å². The molecule has 2 amide bonds. The highest BCUT2D eigenvalue weighted by molar-refractivity contribution is 5.89. The van der Waals surface area contributed by atoms with Gasteiger partial charge in [-0.1, -0.05) is 30.3 Å². The Balaban J connectivity index is 1.58. The molecular formula is C15H16N2O5.